The molecule has 1 amide bonds. The molecule has 2 aromatic carbocycles. The molecule has 0 spiro atoms. The number of aryl methyl sites for hydroxylation is 2. The SMILES string of the molecule is Cc1ccccc1OCCCn1cc(/C=C2/C(=N)N3N=C(c4cccnc4)SC3=NC2=O)c2ccccc21. The van der Waals surface area contributed by atoms with Crippen molar-refractivity contribution in [3.05, 3.63) is 102 Å². The number of hydrazone groups is 1. The highest BCUT2D eigenvalue weighted by Gasteiger charge is 2.36. The number of aromatic nitrogens is 2. The van der Waals surface area contributed by atoms with E-state index in [2.05, 4.69) is 25.7 Å². The number of carbonyl (C=O) groups excluding carboxylic acids is 1. The lowest BCUT2D eigenvalue weighted by Crippen LogP contribution is -2.35. The minimum Gasteiger partial charge on any atom is -0.493 e. The number of rotatable bonds is 7. The zero-order valence-corrected chi connectivity index (χ0v) is 21.5. The molecule has 6 rings (SSSR count). The summed E-state index contributed by atoms with van der Waals surface area (Å²) in [6, 6.07) is 19.8. The topological polar surface area (TPSA) is 95.9 Å². The van der Waals surface area contributed by atoms with Gasteiger partial charge in [0.05, 0.1) is 12.2 Å². The molecule has 0 radical (unpaired) electrons. The monoisotopic (exact) mass is 520 g/mol. The minimum absolute atomic E-state index is 0.00912. The average Bonchev–Trinajstić information content (AvgIpc) is 3.52. The van der Waals surface area contributed by atoms with Gasteiger partial charge in [0.15, 0.2) is 5.84 Å². The van der Waals surface area contributed by atoms with Crippen LogP contribution in [0.3, 0.4) is 0 Å². The molecule has 0 fully saturated rings. The van der Waals surface area contributed by atoms with Crippen LogP contribution in [-0.2, 0) is 11.3 Å². The number of hydrogen-bond acceptors (Lipinski definition) is 6. The molecule has 4 aromatic rings. The molecule has 1 N–H and O–H groups in total. The summed E-state index contributed by atoms with van der Waals surface area (Å²) in [5.74, 6) is 0.466. The Bertz CT molecular complexity index is 1650. The van der Waals surface area contributed by atoms with Gasteiger partial charge in [-0.05, 0) is 61.0 Å². The van der Waals surface area contributed by atoms with Gasteiger partial charge in [-0.2, -0.15) is 15.1 Å². The van der Waals surface area contributed by atoms with Crippen LogP contribution >= 0.6 is 11.8 Å². The molecule has 0 saturated carbocycles. The van der Waals surface area contributed by atoms with Crippen molar-refractivity contribution in [2.45, 2.75) is 19.9 Å². The molecule has 0 aliphatic carbocycles. The van der Waals surface area contributed by atoms with E-state index >= 15 is 0 Å². The fraction of sp³-hybridized carbons (Fsp3) is 0.138. The van der Waals surface area contributed by atoms with Gasteiger partial charge in [0.2, 0.25) is 5.17 Å². The van der Waals surface area contributed by atoms with Crippen molar-refractivity contribution in [2.24, 2.45) is 10.1 Å². The Hall–Kier alpha value is -4.50. The van der Waals surface area contributed by atoms with Crippen molar-refractivity contribution >= 4 is 50.7 Å². The molecule has 188 valence electrons. The largest absolute Gasteiger partial charge is 0.493 e. The maximum Gasteiger partial charge on any atom is 0.283 e. The number of ether oxygens (including phenoxy) is 1. The molecular formula is C29H24N6O2S. The van der Waals surface area contributed by atoms with E-state index in [1.54, 1.807) is 18.5 Å². The number of benzene rings is 2. The van der Waals surface area contributed by atoms with Crippen molar-refractivity contribution in [2.75, 3.05) is 6.61 Å². The van der Waals surface area contributed by atoms with Gasteiger partial charge in [-0.1, -0.05) is 36.4 Å². The first kappa shape index (κ1) is 23.9. The first-order valence-electron chi connectivity index (χ1n) is 12.3. The molecule has 9 heteroatoms. The minimum atomic E-state index is -0.445. The smallest absolute Gasteiger partial charge is 0.283 e. The highest BCUT2D eigenvalue weighted by Crippen LogP contribution is 2.32. The Morgan fingerprint density at radius 2 is 1.92 bits per heavy atom. The van der Waals surface area contributed by atoms with Crippen molar-refractivity contribution in [3.8, 4) is 5.75 Å². The Morgan fingerprint density at radius 3 is 2.76 bits per heavy atom. The molecule has 0 atom stereocenters. The number of para-hydroxylation sites is 2. The number of thioether (sulfide) groups is 1. The number of amides is 1. The molecule has 4 heterocycles. The van der Waals surface area contributed by atoms with Gasteiger partial charge in [0.25, 0.3) is 5.91 Å². The van der Waals surface area contributed by atoms with E-state index in [4.69, 9.17) is 10.1 Å². The maximum atomic E-state index is 13.0. The Morgan fingerprint density at radius 1 is 1.08 bits per heavy atom. The molecule has 38 heavy (non-hydrogen) atoms. The lowest BCUT2D eigenvalue weighted by molar-refractivity contribution is -0.114. The van der Waals surface area contributed by atoms with Gasteiger partial charge in [0.1, 0.15) is 10.8 Å². The lowest BCUT2D eigenvalue weighted by Gasteiger charge is -2.20. The second-order valence-corrected chi connectivity index (χ2v) is 9.89. The molecular weight excluding hydrogens is 496 g/mol. The Labute approximate surface area is 223 Å². The van der Waals surface area contributed by atoms with Crippen LogP contribution < -0.4 is 4.74 Å². The summed E-state index contributed by atoms with van der Waals surface area (Å²) in [5.41, 5.74) is 4.05. The summed E-state index contributed by atoms with van der Waals surface area (Å²) in [5, 5.41) is 16.8. The average molecular weight is 521 g/mol. The van der Waals surface area contributed by atoms with Crippen LogP contribution in [0.25, 0.3) is 17.0 Å². The van der Waals surface area contributed by atoms with E-state index < -0.39 is 5.91 Å². The van der Waals surface area contributed by atoms with Gasteiger partial charge in [-0.3, -0.25) is 15.2 Å². The van der Waals surface area contributed by atoms with Gasteiger partial charge in [-0.15, -0.1) is 0 Å². The number of nitrogens with one attached hydrogen (secondary N) is 1. The summed E-state index contributed by atoms with van der Waals surface area (Å²) in [7, 11) is 0. The third kappa shape index (κ3) is 4.52. The molecule has 2 aliphatic heterocycles. The van der Waals surface area contributed by atoms with E-state index in [1.165, 1.54) is 16.8 Å². The van der Waals surface area contributed by atoms with Crippen LogP contribution in [0.1, 0.15) is 23.1 Å². The first-order valence-corrected chi connectivity index (χ1v) is 13.1. The van der Waals surface area contributed by atoms with E-state index in [-0.39, 0.29) is 11.4 Å². The predicted molar refractivity (Wildman–Crippen MR) is 152 cm³/mol. The van der Waals surface area contributed by atoms with Crippen LogP contribution in [0.2, 0.25) is 0 Å². The van der Waals surface area contributed by atoms with Crippen molar-refractivity contribution in [3.63, 3.8) is 0 Å². The normalized spacial score (nSPS) is 16.1. The van der Waals surface area contributed by atoms with Gasteiger partial charge < -0.3 is 9.30 Å². The highest BCUT2D eigenvalue weighted by atomic mass is 32.2. The summed E-state index contributed by atoms with van der Waals surface area (Å²) in [4.78, 5) is 21.4. The Balaban J connectivity index is 1.24. The molecule has 8 nitrogen and oxygen atoms in total. The van der Waals surface area contributed by atoms with Crippen LogP contribution in [0.5, 0.6) is 5.75 Å². The van der Waals surface area contributed by atoms with Crippen molar-refractivity contribution in [1.29, 1.82) is 5.41 Å². The fourth-order valence-electron chi connectivity index (χ4n) is 4.46. The lowest BCUT2D eigenvalue weighted by atomic mass is 10.1. The standard InChI is InChI=1S/C29H24N6O2S/c1-19-8-2-5-12-25(19)37-15-7-14-34-18-21(22-10-3-4-11-24(22)34)16-23-26(30)35-29(32-27(23)36)38-28(33-35)20-9-6-13-31-17-20/h2-6,8-13,16-18,30H,7,14-15H2,1H3/b23-16-,30-26?. The van der Waals surface area contributed by atoms with Gasteiger partial charge in [-0.25, -0.2) is 0 Å². The van der Waals surface area contributed by atoms with E-state index in [0.29, 0.717) is 16.8 Å². The number of fused-ring (bicyclic) bond motifs is 2. The molecule has 0 bridgehead atoms. The Kier molecular flexibility index (Phi) is 6.35. The zero-order valence-electron chi connectivity index (χ0n) is 20.7. The van der Waals surface area contributed by atoms with Crippen LogP contribution in [-0.4, -0.2) is 43.1 Å². The number of nitrogens with zero attached hydrogens (tertiary/aromatic N) is 5. The summed E-state index contributed by atoms with van der Waals surface area (Å²) >= 11 is 1.26. The predicted octanol–water partition coefficient (Wildman–Crippen LogP) is 5.48. The van der Waals surface area contributed by atoms with E-state index in [0.717, 1.165) is 46.3 Å². The van der Waals surface area contributed by atoms with Crippen LogP contribution in [0.15, 0.2) is 94.9 Å². The summed E-state index contributed by atoms with van der Waals surface area (Å²) in [6.45, 7) is 3.39. The highest BCUT2D eigenvalue weighted by molar-refractivity contribution is 8.27. The van der Waals surface area contributed by atoms with E-state index in [9.17, 15) is 4.79 Å². The number of hydrogen-bond donors (Lipinski definition) is 1. The van der Waals surface area contributed by atoms with Crippen molar-refractivity contribution < 1.29 is 9.53 Å². The second kappa shape index (κ2) is 10.1. The van der Waals surface area contributed by atoms with Crippen molar-refractivity contribution in [1.82, 2.24) is 14.6 Å². The van der Waals surface area contributed by atoms with Gasteiger partial charge >= 0.3 is 0 Å². The molecule has 0 saturated heterocycles. The maximum absolute atomic E-state index is 13.0. The summed E-state index contributed by atoms with van der Waals surface area (Å²) in [6.07, 6.45) is 7.98. The second-order valence-electron chi connectivity index (χ2n) is 8.93. The number of aliphatic imine (C=N–C) groups is 1. The summed E-state index contributed by atoms with van der Waals surface area (Å²) < 4.78 is 8.14. The fourth-order valence-corrected chi connectivity index (χ4v) is 5.35. The third-order valence-corrected chi connectivity index (χ3v) is 7.33. The van der Waals surface area contributed by atoms with Crippen LogP contribution in [0, 0.1) is 12.3 Å². The van der Waals surface area contributed by atoms with E-state index in [1.807, 2.05) is 67.7 Å². The van der Waals surface area contributed by atoms with Crippen LogP contribution in [0.4, 0.5) is 0 Å². The molecule has 0 unspecified atom stereocenters. The number of pyridine rings is 1. The third-order valence-electron chi connectivity index (χ3n) is 6.38. The first-order chi connectivity index (χ1) is 18.6. The molecule has 2 aromatic heterocycles. The quantitative estimate of drug-likeness (QED) is 0.257. The van der Waals surface area contributed by atoms with Gasteiger partial charge in [0, 0.05) is 47.2 Å². The number of carbonyl (C=O) groups is 1. The number of amidine groups is 2. The molecule has 2 aliphatic rings. The zero-order chi connectivity index (χ0) is 26.1.